The maximum Gasteiger partial charge on any atom is 0.208 e. The molecule has 1 aliphatic rings. The Bertz CT molecular complexity index is 566. The monoisotopic (exact) mass is 283 g/mol. The summed E-state index contributed by atoms with van der Waals surface area (Å²) in [5.41, 5.74) is 1.00. The van der Waals surface area contributed by atoms with E-state index in [1.807, 2.05) is 30.4 Å². The molecule has 0 spiro atoms. The predicted molar refractivity (Wildman–Crippen MR) is 73.9 cm³/mol. The molecule has 1 aromatic rings. The smallest absolute Gasteiger partial charge is 0.208 e. The molecule has 0 aromatic heterocycles. The molecule has 0 saturated carbocycles. The van der Waals surface area contributed by atoms with Crippen LogP contribution in [0.2, 0.25) is 0 Å². The zero-order valence-corrected chi connectivity index (χ0v) is 11.6. The van der Waals surface area contributed by atoms with Crippen LogP contribution < -0.4 is 14.2 Å². The lowest BCUT2D eigenvalue weighted by atomic mass is 10.1. The van der Waals surface area contributed by atoms with Crippen LogP contribution >= 0.6 is 0 Å². The molecule has 1 N–H and O–H groups in total. The minimum Gasteiger partial charge on any atom is -0.486 e. The van der Waals surface area contributed by atoms with Crippen molar-refractivity contribution in [2.45, 2.75) is 6.42 Å². The fourth-order valence-corrected chi connectivity index (χ4v) is 2.20. The Morgan fingerprint density at radius 3 is 2.74 bits per heavy atom. The van der Waals surface area contributed by atoms with Crippen molar-refractivity contribution >= 4 is 16.1 Å². The molecule has 0 amide bonds. The number of fused-ring (bicyclic) bond motifs is 1. The van der Waals surface area contributed by atoms with Crippen LogP contribution in [-0.4, -0.2) is 34.4 Å². The topological polar surface area (TPSA) is 64.6 Å². The molecule has 0 aliphatic carbocycles. The number of sulfonamides is 1. The number of hydrogen-bond donors (Lipinski definition) is 1. The predicted octanol–water partition coefficient (Wildman–Crippen LogP) is 1.41. The van der Waals surface area contributed by atoms with E-state index in [1.165, 1.54) is 0 Å². The number of rotatable bonds is 5. The number of ether oxygens (including phenoxy) is 2. The van der Waals surface area contributed by atoms with E-state index in [1.54, 1.807) is 0 Å². The summed E-state index contributed by atoms with van der Waals surface area (Å²) in [4.78, 5) is 0. The third-order valence-corrected chi connectivity index (χ3v) is 3.28. The van der Waals surface area contributed by atoms with Crippen molar-refractivity contribution < 1.29 is 17.9 Å². The summed E-state index contributed by atoms with van der Waals surface area (Å²) in [7, 11) is -3.10. The molecule has 0 radical (unpaired) electrons. The minimum absolute atomic E-state index is 0.403. The third kappa shape index (κ3) is 4.57. The second kappa shape index (κ2) is 6.08. The van der Waals surface area contributed by atoms with Crippen molar-refractivity contribution in [3.63, 3.8) is 0 Å². The molecule has 0 unspecified atom stereocenters. The maximum atomic E-state index is 10.9. The molecular weight excluding hydrogens is 266 g/mol. The average Bonchev–Trinajstić information content (AvgIpc) is 2.37. The van der Waals surface area contributed by atoms with Crippen LogP contribution in [0.5, 0.6) is 11.5 Å². The highest BCUT2D eigenvalue weighted by Crippen LogP contribution is 2.31. The molecule has 0 atom stereocenters. The van der Waals surface area contributed by atoms with Gasteiger partial charge < -0.3 is 9.47 Å². The van der Waals surface area contributed by atoms with Gasteiger partial charge in [-0.15, -0.1) is 0 Å². The van der Waals surface area contributed by atoms with E-state index in [0.29, 0.717) is 26.2 Å². The summed E-state index contributed by atoms with van der Waals surface area (Å²) in [6.07, 6.45) is 5.64. The first-order valence-electron chi connectivity index (χ1n) is 6.05. The Hall–Kier alpha value is -1.53. The Morgan fingerprint density at radius 1 is 1.26 bits per heavy atom. The normalized spacial score (nSPS) is 14.8. The Kier molecular flexibility index (Phi) is 4.44. The quantitative estimate of drug-likeness (QED) is 0.830. The van der Waals surface area contributed by atoms with Crippen molar-refractivity contribution in [2.24, 2.45) is 0 Å². The van der Waals surface area contributed by atoms with Crippen LogP contribution in [0, 0.1) is 0 Å². The first-order valence-corrected chi connectivity index (χ1v) is 7.94. The van der Waals surface area contributed by atoms with Gasteiger partial charge in [0.05, 0.1) is 6.26 Å². The lowest BCUT2D eigenvalue weighted by molar-refractivity contribution is 0.171. The van der Waals surface area contributed by atoms with E-state index in [0.717, 1.165) is 23.3 Å². The van der Waals surface area contributed by atoms with Crippen molar-refractivity contribution in [1.82, 2.24) is 4.72 Å². The van der Waals surface area contributed by atoms with Crippen molar-refractivity contribution in [3.05, 3.63) is 29.8 Å². The van der Waals surface area contributed by atoms with Crippen molar-refractivity contribution in [1.29, 1.82) is 0 Å². The standard InChI is InChI=1S/C13H17NO4S/c1-19(15,16)14-7-3-2-4-11-5-6-12-13(10-11)18-9-8-17-12/h2,4-6,10,14H,3,7-9H2,1H3/b4-2+. The number of nitrogens with one attached hydrogen (secondary N) is 1. The largest absolute Gasteiger partial charge is 0.486 e. The second-order valence-electron chi connectivity index (χ2n) is 4.26. The molecule has 0 bridgehead atoms. The van der Waals surface area contributed by atoms with Crippen LogP contribution in [0.25, 0.3) is 6.08 Å². The summed E-state index contributed by atoms with van der Waals surface area (Å²) >= 11 is 0. The van der Waals surface area contributed by atoms with Gasteiger partial charge in [-0.2, -0.15) is 0 Å². The summed E-state index contributed by atoms with van der Waals surface area (Å²) in [6, 6.07) is 5.73. The van der Waals surface area contributed by atoms with E-state index in [4.69, 9.17) is 9.47 Å². The van der Waals surface area contributed by atoms with Gasteiger partial charge in [0.25, 0.3) is 0 Å². The summed E-state index contributed by atoms with van der Waals surface area (Å²) in [5, 5.41) is 0. The molecule has 19 heavy (non-hydrogen) atoms. The zero-order chi connectivity index (χ0) is 13.7. The van der Waals surface area contributed by atoms with Gasteiger partial charge in [0.15, 0.2) is 11.5 Å². The highest BCUT2D eigenvalue weighted by molar-refractivity contribution is 7.88. The molecule has 1 aliphatic heterocycles. The van der Waals surface area contributed by atoms with E-state index in [2.05, 4.69) is 4.72 Å². The van der Waals surface area contributed by atoms with Gasteiger partial charge >= 0.3 is 0 Å². The van der Waals surface area contributed by atoms with Crippen LogP contribution in [-0.2, 0) is 10.0 Å². The molecule has 0 fully saturated rings. The van der Waals surface area contributed by atoms with Gasteiger partial charge in [0.1, 0.15) is 13.2 Å². The van der Waals surface area contributed by atoms with E-state index >= 15 is 0 Å². The van der Waals surface area contributed by atoms with E-state index in [9.17, 15) is 8.42 Å². The van der Waals surface area contributed by atoms with E-state index in [-0.39, 0.29) is 0 Å². The van der Waals surface area contributed by atoms with Crippen LogP contribution in [0.15, 0.2) is 24.3 Å². The van der Waals surface area contributed by atoms with Crippen molar-refractivity contribution in [2.75, 3.05) is 26.0 Å². The molecule has 2 rings (SSSR count). The van der Waals surface area contributed by atoms with E-state index < -0.39 is 10.0 Å². The minimum atomic E-state index is -3.10. The summed E-state index contributed by atoms with van der Waals surface area (Å²) < 4.78 is 35.1. The highest BCUT2D eigenvalue weighted by atomic mass is 32.2. The fourth-order valence-electron chi connectivity index (χ4n) is 1.71. The Labute approximate surface area is 113 Å². The van der Waals surface area contributed by atoms with Gasteiger partial charge in [-0.25, -0.2) is 13.1 Å². The second-order valence-corrected chi connectivity index (χ2v) is 6.09. The van der Waals surface area contributed by atoms with Gasteiger partial charge in [-0.1, -0.05) is 18.2 Å². The number of benzene rings is 1. The van der Waals surface area contributed by atoms with Crippen LogP contribution in [0.1, 0.15) is 12.0 Å². The molecular formula is C13H17NO4S. The van der Waals surface area contributed by atoms with Crippen LogP contribution in [0.4, 0.5) is 0 Å². The molecule has 1 heterocycles. The molecule has 5 nitrogen and oxygen atoms in total. The Morgan fingerprint density at radius 2 is 2.00 bits per heavy atom. The maximum absolute atomic E-state index is 10.9. The molecule has 104 valence electrons. The SMILES string of the molecule is CS(=O)(=O)NCC/C=C/c1ccc2c(c1)OCCO2. The van der Waals surface area contributed by atoms with Gasteiger partial charge in [-0.3, -0.25) is 0 Å². The lowest BCUT2D eigenvalue weighted by Gasteiger charge is -2.18. The van der Waals surface area contributed by atoms with Crippen molar-refractivity contribution in [3.8, 4) is 11.5 Å². The molecule has 0 saturated heterocycles. The summed E-state index contributed by atoms with van der Waals surface area (Å²) in [6.45, 7) is 1.55. The fraction of sp³-hybridized carbons (Fsp3) is 0.385. The van der Waals surface area contributed by atoms with Gasteiger partial charge in [0, 0.05) is 6.54 Å². The summed E-state index contributed by atoms with van der Waals surface area (Å²) in [5.74, 6) is 1.52. The lowest BCUT2D eigenvalue weighted by Crippen LogP contribution is -2.22. The van der Waals surface area contributed by atoms with Gasteiger partial charge in [-0.05, 0) is 24.1 Å². The van der Waals surface area contributed by atoms with Crippen LogP contribution in [0.3, 0.4) is 0 Å². The first kappa shape index (κ1) is 13.9. The third-order valence-electron chi connectivity index (χ3n) is 2.55. The first-order chi connectivity index (χ1) is 9.04. The Balaban J connectivity index is 1.89. The molecule has 1 aromatic carbocycles. The molecule has 6 heteroatoms. The number of hydrogen-bond acceptors (Lipinski definition) is 4. The zero-order valence-electron chi connectivity index (χ0n) is 10.8. The average molecular weight is 283 g/mol. The highest BCUT2D eigenvalue weighted by Gasteiger charge is 2.10. The van der Waals surface area contributed by atoms with Gasteiger partial charge in [0.2, 0.25) is 10.0 Å².